The summed E-state index contributed by atoms with van der Waals surface area (Å²) in [6.45, 7) is 9.03. The maximum absolute atomic E-state index is 2.34. The highest BCUT2D eigenvalue weighted by atomic mass is 32.3. The SMILES string of the molecule is CCSC(C)(SCC)SCC. The van der Waals surface area contributed by atoms with Gasteiger partial charge >= 0.3 is 0 Å². The van der Waals surface area contributed by atoms with Gasteiger partial charge in [-0.15, -0.1) is 35.3 Å². The number of hydrogen-bond acceptors (Lipinski definition) is 3. The third kappa shape index (κ3) is 5.31. The average Bonchev–Trinajstić information content (AvgIpc) is 1.88. The van der Waals surface area contributed by atoms with E-state index in [4.69, 9.17) is 0 Å². The molecule has 0 heterocycles. The molecule has 0 fully saturated rings. The van der Waals surface area contributed by atoms with Crippen molar-refractivity contribution in [2.24, 2.45) is 0 Å². The summed E-state index contributed by atoms with van der Waals surface area (Å²) >= 11 is 6.16. The smallest absolute Gasteiger partial charge is 0.104 e. The van der Waals surface area contributed by atoms with Crippen molar-refractivity contribution < 1.29 is 0 Å². The Morgan fingerprint density at radius 3 is 1.27 bits per heavy atom. The van der Waals surface area contributed by atoms with Crippen molar-refractivity contribution in [3.63, 3.8) is 0 Å². The maximum Gasteiger partial charge on any atom is 0.104 e. The predicted octanol–water partition coefficient (Wildman–Crippen LogP) is 3.92. The van der Waals surface area contributed by atoms with Crippen LogP contribution in [0.1, 0.15) is 27.7 Å². The van der Waals surface area contributed by atoms with Crippen molar-refractivity contribution in [2.45, 2.75) is 31.1 Å². The normalized spacial score (nSPS) is 12.0. The van der Waals surface area contributed by atoms with Crippen molar-refractivity contribution >= 4 is 35.3 Å². The van der Waals surface area contributed by atoms with Gasteiger partial charge in [-0.1, -0.05) is 20.8 Å². The fourth-order valence-corrected chi connectivity index (χ4v) is 5.61. The van der Waals surface area contributed by atoms with Crippen LogP contribution in [0.5, 0.6) is 0 Å². The summed E-state index contributed by atoms with van der Waals surface area (Å²) in [7, 11) is 0. The van der Waals surface area contributed by atoms with Crippen molar-refractivity contribution in [1.82, 2.24) is 0 Å². The van der Waals surface area contributed by atoms with Crippen LogP contribution in [0.15, 0.2) is 0 Å². The van der Waals surface area contributed by atoms with Crippen LogP contribution in [0.4, 0.5) is 0 Å². The Morgan fingerprint density at radius 1 is 0.818 bits per heavy atom. The third-order valence-electron chi connectivity index (χ3n) is 1.22. The van der Waals surface area contributed by atoms with Gasteiger partial charge in [0.15, 0.2) is 0 Å². The molecule has 0 amide bonds. The van der Waals surface area contributed by atoms with Gasteiger partial charge < -0.3 is 0 Å². The monoisotopic (exact) mass is 210 g/mol. The average molecular weight is 210 g/mol. The zero-order valence-corrected chi connectivity index (χ0v) is 10.3. The number of rotatable bonds is 6. The molecule has 3 heteroatoms. The Hall–Kier alpha value is 1.05. The van der Waals surface area contributed by atoms with Gasteiger partial charge in [0, 0.05) is 0 Å². The van der Waals surface area contributed by atoms with Crippen LogP contribution in [0, 0.1) is 0 Å². The van der Waals surface area contributed by atoms with E-state index in [-0.39, 0.29) is 0 Å². The van der Waals surface area contributed by atoms with Crippen LogP contribution >= 0.6 is 35.3 Å². The van der Waals surface area contributed by atoms with Gasteiger partial charge in [0.2, 0.25) is 0 Å². The molecule has 0 radical (unpaired) electrons. The zero-order valence-electron chi connectivity index (χ0n) is 7.85. The number of thioether (sulfide) groups is 3. The van der Waals surface area contributed by atoms with Gasteiger partial charge in [0.25, 0.3) is 0 Å². The van der Waals surface area contributed by atoms with E-state index in [2.05, 4.69) is 63.0 Å². The topological polar surface area (TPSA) is 0 Å². The minimum atomic E-state index is 0.401. The second kappa shape index (κ2) is 6.55. The lowest BCUT2D eigenvalue weighted by molar-refractivity contribution is 1.28. The van der Waals surface area contributed by atoms with Crippen LogP contribution in [-0.4, -0.2) is 20.7 Å². The number of hydrogen-bond donors (Lipinski definition) is 0. The first-order valence-electron chi connectivity index (χ1n) is 4.10. The summed E-state index contributed by atoms with van der Waals surface area (Å²) in [6, 6.07) is 0. The fraction of sp³-hybridized carbons (Fsp3) is 1.00. The highest BCUT2D eigenvalue weighted by molar-refractivity contribution is 8.33. The molecular formula is C8H18S3. The molecule has 0 rings (SSSR count). The molecule has 0 nitrogen and oxygen atoms in total. The largest absolute Gasteiger partial charge is 0.134 e. The van der Waals surface area contributed by atoms with Gasteiger partial charge in [0.05, 0.1) is 0 Å². The molecule has 0 saturated carbocycles. The first-order valence-corrected chi connectivity index (χ1v) is 7.06. The highest BCUT2D eigenvalue weighted by Crippen LogP contribution is 2.45. The molecular weight excluding hydrogens is 192 g/mol. The molecule has 0 aromatic rings. The van der Waals surface area contributed by atoms with E-state index in [1.165, 1.54) is 17.3 Å². The van der Waals surface area contributed by atoms with E-state index in [1.54, 1.807) is 0 Å². The second-order valence-corrected chi connectivity index (χ2v) is 7.98. The van der Waals surface area contributed by atoms with Crippen molar-refractivity contribution in [2.75, 3.05) is 17.3 Å². The lowest BCUT2D eigenvalue weighted by atomic mass is 10.9. The van der Waals surface area contributed by atoms with Gasteiger partial charge in [-0.2, -0.15) is 0 Å². The van der Waals surface area contributed by atoms with Gasteiger partial charge in [-0.05, 0) is 24.2 Å². The van der Waals surface area contributed by atoms with Crippen LogP contribution < -0.4 is 0 Å². The van der Waals surface area contributed by atoms with Crippen LogP contribution in [0.25, 0.3) is 0 Å². The Labute approximate surface area is 83.7 Å². The first kappa shape index (κ1) is 12.0. The van der Waals surface area contributed by atoms with Crippen molar-refractivity contribution in [3.8, 4) is 0 Å². The van der Waals surface area contributed by atoms with E-state index >= 15 is 0 Å². The van der Waals surface area contributed by atoms with Gasteiger partial charge in [-0.25, -0.2) is 0 Å². The van der Waals surface area contributed by atoms with E-state index in [9.17, 15) is 0 Å². The van der Waals surface area contributed by atoms with E-state index < -0.39 is 0 Å². The molecule has 0 aliphatic rings. The third-order valence-corrected chi connectivity index (χ3v) is 5.78. The molecule has 11 heavy (non-hydrogen) atoms. The predicted molar refractivity (Wildman–Crippen MR) is 62.8 cm³/mol. The molecule has 0 aromatic heterocycles. The quantitative estimate of drug-likeness (QED) is 0.610. The lowest BCUT2D eigenvalue weighted by Crippen LogP contribution is -2.10. The van der Waals surface area contributed by atoms with Crippen LogP contribution in [0.2, 0.25) is 0 Å². The summed E-state index contributed by atoms with van der Waals surface area (Å²) in [5, 5.41) is 0. The molecule has 0 unspecified atom stereocenters. The van der Waals surface area contributed by atoms with E-state index in [1.807, 2.05) is 0 Å². The molecule has 0 atom stereocenters. The molecule has 0 bridgehead atoms. The van der Waals surface area contributed by atoms with Gasteiger partial charge in [0.1, 0.15) is 3.41 Å². The molecule has 0 aliphatic heterocycles. The van der Waals surface area contributed by atoms with Crippen molar-refractivity contribution in [3.05, 3.63) is 0 Å². The summed E-state index contributed by atoms with van der Waals surface area (Å²) in [6.07, 6.45) is 0. The van der Waals surface area contributed by atoms with Crippen LogP contribution in [-0.2, 0) is 0 Å². The Balaban J connectivity index is 3.79. The van der Waals surface area contributed by atoms with Gasteiger partial charge in [-0.3, -0.25) is 0 Å². The molecule has 0 aromatic carbocycles. The van der Waals surface area contributed by atoms with Crippen molar-refractivity contribution in [1.29, 1.82) is 0 Å². The fourth-order valence-electron chi connectivity index (χ4n) is 0.912. The summed E-state index contributed by atoms with van der Waals surface area (Å²) in [4.78, 5) is 0. The Bertz CT molecular complexity index is 76.3. The molecule has 68 valence electrons. The molecule has 0 aliphatic carbocycles. The summed E-state index contributed by atoms with van der Waals surface area (Å²) < 4.78 is 0.401. The minimum Gasteiger partial charge on any atom is -0.134 e. The summed E-state index contributed by atoms with van der Waals surface area (Å²) in [5.41, 5.74) is 0. The standard InChI is InChI=1S/C8H18S3/c1-5-9-8(4,10-6-2)11-7-3/h5-7H2,1-4H3. The highest BCUT2D eigenvalue weighted by Gasteiger charge is 2.22. The second-order valence-electron chi connectivity index (χ2n) is 2.16. The Morgan fingerprint density at radius 2 is 1.09 bits per heavy atom. The Kier molecular flexibility index (Phi) is 7.18. The maximum atomic E-state index is 2.34. The van der Waals surface area contributed by atoms with E-state index in [0.29, 0.717) is 3.41 Å². The summed E-state index contributed by atoms with van der Waals surface area (Å²) in [5.74, 6) is 3.66. The zero-order chi connectivity index (χ0) is 8.74. The molecule has 0 spiro atoms. The molecule has 0 N–H and O–H groups in total. The van der Waals surface area contributed by atoms with E-state index in [0.717, 1.165) is 0 Å². The minimum absolute atomic E-state index is 0.401. The first-order chi connectivity index (χ1) is 5.18. The molecule has 0 saturated heterocycles. The lowest BCUT2D eigenvalue weighted by Gasteiger charge is -2.26. The van der Waals surface area contributed by atoms with Crippen LogP contribution in [0.3, 0.4) is 0 Å².